The highest BCUT2D eigenvalue weighted by Crippen LogP contribution is 2.14. The van der Waals surface area contributed by atoms with Crippen molar-refractivity contribution in [1.29, 1.82) is 0 Å². The van der Waals surface area contributed by atoms with E-state index in [9.17, 15) is 4.79 Å². The minimum absolute atomic E-state index is 0.168. The average molecular weight is 327 g/mol. The van der Waals surface area contributed by atoms with Crippen molar-refractivity contribution in [1.82, 2.24) is 25.2 Å². The number of hydrogen-bond donors (Lipinski definition) is 1. The summed E-state index contributed by atoms with van der Waals surface area (Å²) >= 11 is 0. The van der Waals surface area contributed by atoms with Crippen molar-refractivity contribution < 1.29 is 4.79 Å². The molecule has 6 heteroatoms. The second kappa shape index (κ2) is 7.57. The Morgan fingerprint density at radius 3 is 2.88 bits per heavy atom. The van der Waals surface area contributed by atoms with Crippen LogP contribution in [0.15, 0.2) is 30.5 Å². The second-order valence-corrected chi connectivity index (χ2v) is 6.69. The van der Waals surface area contributed by atoms with E-state index < -0.39 is 0 Å². The highest BCUT2D eigenvalue weighted by atomic mass is 16.2. The number of nitrogens with zero attached hydrogens (tertiary/aromatic N) is 4. The van der Waals surface area contributed by atoms with Gasteiger partial charge >= 0.3 is 0 Å². The Morgan fingerprint density at radius 2 is 2.12 bits per heavy atom. The summed E-state index contributed by atoms with van der Waals surface area (Å²) in [5.41, 5.74) is 2.43. The Kier molecular flexibility index (Phi) is 5.25. The maximum absolute atomic E-state index is 12.2. The van der Waals surface area contributed by atoms with E-state index in [0.717, 1.165) is 31.2 Å². The zero-order chi connectivity index (χ0) is 16.9. The second-order valence-electron chi connectivity index (χ2n) is 6.69. The molecule has 0 spiro atoms. The molecule has 1 N–H and O–H groups in total. The molecule has 3 rings (SSSR count). The van der Waals surface area contributed by atoms with E-state index in [1.54, 1.807) is 10.9 Å². The van der Waals surface area contributed by atoms with E-state index in [-0.39, 0.29) is 5.91 Å². The fourth-order valence-corrected chi connectivity index (χ4v) is 3.10. The Balaban J connectivity index is 1.51. The molecule has 0 saturated carbocycles. The van der Waals surface area contributed by atoms with Crippen molar-refractivity contribution in [3.63, 3.8) is 0 Å². The van der Waals surface area contributed by atoms with Crippen LogP contribution in [0, 0.1) is 12.8 Å². The molecular formula is C18H25N5O. The topological polar surface area (TPSA) is 63.1 Å². The van der Waals surface area contributed by atoms with Crippen LogP contribution in [0.1, 0.15) is 35.8 Å². The van der Waals surface area contributed by atoms with Gasteiger partial charge in [-0.05, 0) is 44.4 Å². The van der Waals surface area contributed by atoms with E-state index in [1.165, 1.54) is 18.4 Å². The summed E-state index contributed by atoms with van der Waals surface area (Å²) in [4.78, 5) is 14.6. The maximum atomic E-state index is 12.2. The molecule has 6 nitrogen and oxygen atoms in total. The number of hydrogen-bond acceptors (Lipinski definition) is 4. The predicted molar refractivity (Wildman–Crippen MR) is 93.3 cm³/mol. The molecule has 1 atom stereocenters. The van der Waals surface area contributed by atoms with Crippen LogP contribution in [0.3, 0.4) is 0 Å². The summed E-state index contributed by atoms with van der Waals surface area (Å²) in [5, 5.41) is 11.0. The van der Waals surface area contributed by atoms with Crippen LogP contribution in [0.5, 0.6) is 0 Å². The van der Waals surface area contributed by atoms with Crippen molar-refractivity contribution in [3.05, 3.63) is 41.7 Å². The molecule has 1 saturated heterocycles. The number of aryl methyl sites for hydroxylation is 1. The van der Waals surface area contributed by atoms with Gasteiger partial charge in [0, 0.05) is 19.6 Å². The molecule has 128 valence electrons. The smallest absolute Gasteiger partial charge is 0.273 e. The molecule has 1 fully saturated rings. The highest BCUT2D eigenvalue weighted by Gasteiger charge is 2.16. The third-order valence-corrected chi connectivity index (χ3v) is 4.48. The zero-order valence-corrected chi connectivity index (χ0v) is 14.4. The quantitative estimate of drug-likeness (QED) is 0.913. The Morgan fingerprint density at radius 1 is 1.33 bits per heavy atom. The van der Waals surface area contributed by atoms with Gasteiger partial charge in [0.2, 0.25) is 0 Å². The molecule has 1 amide bonds. The monoisotopic (exact) mass is 327 g/mol. The van der Waals surface area contributed by atoms with E-state index in [2.05, 4.69) is 27.5 Å². The molecule has 0 aliphatic carbocycles. The highest BCUT2D eigenvalue weighted by molar-refractivity contribution is 5.91. The first-order valence-corrected chi connectivity index (χ1v) is 8.62. The van der Waals surface area contributed by atoms with Crippen molar-refractivity contribution in [3.8, 4) is 5.69 Å². The van der Waals surface area contributed by atoms with Gasteiger partial charge in [-0.1, -0.05) is 29.8 Å². The van der Waals surface area contributed by atoms with Crippen LogP contribution in [0.25, 0.3) is 5.69 Å². The number of piperidine rings is 1. The standard InChI is InChI=1S/C18H25N5O/c1-14-5-7-16(8-6-14)23-13-17(20-21-23)18(24)19-9-11-22-10-3-4-15(2)12-22/h5-8,13,15H,3-4,9-12H2,1-2H3,(H,19,24). The fourth-order valence-electron chi connectivity index (χ4n) is 3.10. The molecule has 0 radical (unpaired) electrons. The molecule has 24 heavy (non-hydrogen) atoms. The third kappa shape index (κ3) is 4.20. The molecule has 1 aromatic carbocycles. The molecule has 2 heterocycles. The summed E-state index contributed by atoms with van der Waals surface area (Å²) < 4.78 is 1.63. The van der Waals surface area contributed by atoms with E-state index in [1.807, 2.05) is 31.2 Å². The van der Waals surface area contributed by atoms with E-state index >= 15 is 0 Å². The van der Waals surface area contributed by atoms with Gasteiger partial charge in [-0.2, -0.15) is 0 Å². The molecule has 1 unspecified atom stereocenters. The van der Waals surface area contributed by atoms with Crippen molar-refractivity contribution in [2.24, 2.45) is 5.92 Å². The van der Waals surface area contributed by atoms with Gasteiger partial charge in [0.05, 0.1) is 11.9 Å². The number of rotatable bonds is 5. The molecule has 2 aromatic rings. The van der Waals surface area contributed by atoms with Gasteiger partial charge in [-0.15, -0.1) is 5.10 Å². The van der Waals surface area contributed by atoms with Crippen molar-refractivity contribution in [2.75, 3.05) is 26.2 Å². The van der Waals surface area contributed by atoms with Gasteiger partial charge in [0.1, 0.15) is 0 Å². The van der Waals surface area contributed by atoms with Crippen LogP contribution >= 0.6 is 0 Å². The number of likely N-dealkylation sites (tertiary alicyclic amines) is 1. The van der Waals surface area contributed by atoms with Crippen molar-refractivity contribution in [2.45, 2.75) is 26.7 Å². The zero-order valence-electron chi connectivity index (χ0n) is 14.4. The summed E-state index contributed by atoms with van der Waals surface area (Å²) in [5.74, 6) is 0.585. The average Bonchev–Trinajstić information content (AvgIpc) is 3.05. The molecule has 1 aliphatic rings. The van der Waals surface area contributed by atoms with Gasteiger partial charge in [0.25, 0.3) is 5.91 Å². The number of carbonyl (C=O) groups excluding carboxylic acids is 1. The van der Waals surface area contributed by atoms with E-state index in [0.29, 0.717) is 12.2 Å². The van der Waals surface area contributed by atoms with E-state index in [4.69, 9.17) is 0 Å². The van der Waals surface area contributed by atoms with Gasteiger partial charge < -0.3 is 10.2 Å². The number of amides is 1. The van der Waals surface area contributed by atoms with Crippen LogP contribution < -0.4 is 5.32 Å². The number of aromatic nitrogens is 3. The number of benzene rings is 1. The molecule has 0 bridgehead atoms. The van der Waals surface area contributed by atoms with Crippen LogP contribution in [-0.2, 0) is 0 Å². The minimum atomic E-state index is -0.168. The number of carbonyl (C=O) groups is 1. The normalized spacial score (nSPS) is 18.5. The molecule has 1 aliphatic heterocycles. The Hall–Kier alpha value is -2.21. The summed E-state index contributed by atoms with van der Waals surface area (Å²) in [6.07, 6.45) is 4.23. The van der Waals surface area contributed by atoms with Gasteiger partial charge in [-0.25, -0.2) is 4.68 Å². The maximum Gasteiger partial charge on any atom is 0.273 e. The minimum Gasteiger partial charge on any atom is -0.349 e. The third-order valence-electron chi connectivity index (χ3n) is 4.48. The van der Waals surface area contributed by atoms with Crippen molar-refractivity contribution >= 4 is 5.91 Å². The largest absolute Gasteiger partial charge is 0.349 e. The summed E-state index contributed by atoms with van der Waals surface area (Å²) in [6, 6.07) is 7.94. The van der Waals surface area contributed by atoms with Crippen LogP contribution in [0.2, 0.25) is 0 Å². The Labute approximate surface area is 142 Å². The first-order valence-electron chi connectivity index (χ1n) is 8.62. The summed E-state index contributed by atoms with van der Waals surface area (Å²) in [6.45, 7) is 8.11. The van der Waals surface area contributed by atoms with Gasteiger partial charge in [-0.3, -0.25) is 4.79 Å². The molecule has 1 aromatic heterocycles. The lowest BCUT2D eigenvalue weighted by atomic mass is 10.0. The predicted octanol–water partition coefficient (Wildman–Crippen LogP) is 2.04. The lowest BCUT2D eigenvalue weighted by Crippen LogP contribution is -2.40. The first-order chi connectivity index (χ1) is 11.6. The first kappa shape index (κ1) is 16.6. The summed E-state index contributed by atoms with van der Waals surface area (Å²) in [7, 11) is 0. The fraction of sp³-hybridized carbons (Fsp3) is 0.500. The van der Waals surface area contributed by atoms with Crippen LogP contribution in [-0.4, -0.2) is 52.0 Å². The lowest BCUT2D eigenvalue weighted by Gasteiger charge is -2.30. The number of nitrogens with one attached hydrogen (secondary N) is 1. The lowest BCUT2D eigenvalue weighted by molar-refractivity contribution is 0.0938. The Bertz CT molecular complexity index is 679. The van der Waals surface area contributed by atoms with Gasteiger partial charge in [0.15, 0.2) is 5.69 Å². The SMILES string of the molecule is Cc1ccc(-n2cc(C(=O)NCCN3CCCC(C)C3)nn2)cc1. The molecular weight excluding hydrogens is 302 g/mol. The van der Waals surface area contributed by atoms with Crippen LogP contribution in [0.4, 0.5) is 0 Å².